The molecule has 1 amide bonds. The van der Waals surface area contributed by atoms with Crippen molar-refractivity contribution in [2.75, 3.05) is 0 Å². The fourth-order valence-corrected chi connectivity index (χ4v) is 3.30. The van der Waals surface area contributed by atoms with Gasteiger partial charge < -0.3 is 10.1 Å². The Bertz CT molecular complexity index is 767. The van der Waals surface area contributed by atoms with E-state index in [0.29, 0.717) is 5.75 Å². The smallest absolute Gasteiger partial charge is 0.262 e. The molecule has 0 aliphatic heterocycles. The second-order valence-corrected chi connectivity index (χ2v) is 6.48. The van der Waals surface area contributed by atoms with Crippen LogP contribution >= 0.6 is 0 Å². The first-order valence-corrected chi connectivity index (χ1v) is 8.51. The number of hydrogen-bond donors (Lipinski definition) is 1. The molecule has 3 rings (SSSR count). The van der Waals surface area contributed by atoms with Crippen LogP contribution in [0.25, 0.3) is 10.8 Å². The molecule has 1 aliphatic carbocycles. The predicted molar refractivity (Wildman–Crippen MR) is 93.6 cm³/mol. The normalized spacial score (nSPS) is 17.7. The molecule has 4 nitrogen and oxygen atoms in total. The fourth-order valence-electron chi connectivity index (χ4n) is 3.30. The number of fused-ring (bicyclic) bond motifs is 1. The Morgan fingerprint density at radius 3 is 2.62 bits per heavy atom. The van der Waals surface area contributed by atoms with Gasteiger partial charge in [0, 0.05) is 5.39 Å². The molecular weight excluding hydrogens is 300 g/mol. The highest BCUT2D eigenvalue weighted by molar-refractivity contribution is 5.89. The lowest BCUT2D eigenvalue weighted by molar-refractivity contribution is -0.129. The van der Waals surface area contributed by atoms with Crippen molar-refractivity contribution in [2.45, 2.75) is 50.7 Å². The minimum atomic E-state index is -0.730. The van der Waals surface area contributed by atoms with Gasteiger partial charge in [-0.1, -0.05) is 55.7 Å². The lowest BCUT2D eigenvalue weighted by Crippen LogP contribution is -2.52. The third-order valence-electron chi connectivity index (χ3n) is 4.71. The highest BCUT2D eigenvalue weighted by Gasteiger charge is 2.35. The van der Waals surface area contributed by atoms with Gasteiger partial charge in [-0.25, -0.2) is 0 Å². The molecule has 1 N–H and O–H groups in total. The van der Waals surface area contributed by atoms with Crippen molar-refractivity contribution in [1.82, 2.24) is 5.32 Å². The molecule has 124 valence electrons. The molecule has 4 heteroatoms. The monoisotopic (exact) mass is 322 g/mol. The van der Waals surface area contributed by atoms with Gasteiger partial charge in [-0.05, 0) is 31.2 Å². The minimum absolute atomic E-state index is 0.230. The van der Waals surface area contributed by atoms with Crippen LogP contribution < -0.4 is 10.1 Å². The molecule has 0 heterocycles. The Morgan fingerprint density at radius 2 is 1.88 bits per heavy atom. The van der Waals surface area contributed by atoms with Crippen LogP contribution in [-0.2, 0) is 4.79 Å². The van der Waals surface area contributed by atoms with E-state index < -0.39 is 11.6 Å². The Labute approximate surface area is 142 Å². The van der Waals surface area contributed by atoms with E-state index in [4.69, 9.17) is 4.74 Å². The summed E-state index contributed by atoms with van der Waals surface area (Å²) >= 11 is 0. The Kier molecular flexibility index (Phi) is 4.71. The maximum atomic E-state index is 12.5. The van der Waals surface area contributed by atoms with E-state index in [9.17, 15) is 10.1 Å². The van der Waals surface area contributed by atoms with Crippen molar-refractivity contribution < 1.29 is 9.53 Å². The van der Waals surface area contributed by atoms with Crippen molar-refractivity contribution in [3.05, 3.63) is 42.5 Å². The number of amides is 1. The molecule has 1 saturated carbocycles. The Morgan fingerprint density at radius 1 is 1.17 bits per heavy atom. The van der Waals surface area contributed by atoms with Crippen molar-refractivity contribution in [1.29, 1.82) is 5.26 Å². The molecule has 24 heavy (non-hydrogen) atoms. The van der Waals surface area contributed by atoms with E-state index in [1.807, 2.05) is 42.5 Å². The SMILES string of the molecule is C[C@@H](Oc1cccc2ccccc12)C(=O)NC1(C#N)CCCCC1. The zero-order valence-corrected chi connectivity index (χ0v) is 13.9. The average molecular weight is 322 g/mol. The summed E-state index contributed by atoms with van der Waals surface area (Å²) in [5.41, 5.74) is -0.730. The van der Waals surface area contributed by atoms with Crippen LogP contribution in [0.4, 0.5) is 0 Å². The van der Waals surface area contributed by atoms with Gasteiger partial charge in [0.25, 0.3) is 5.91 Å². The van der Waals surface area contributed by atoms with Crippen LogP contribution in [0.5, 0.6) is 5.75 Å². The summed E-state index contributed by atoms with van der Waals surface area (Å²) < 4.78 is 5.90. The molecular formula is C20H22N2O2. The predicted octanol–water partition coefficient (Wildman–Crippen LogP) is 3.95. The maximum Gasteiger partial charge on any atom is 0.262 e. The molecule has 0 bridgehead atoms. The first-order valence-electron chi connectivity index (χ1n) is 8.51. The molecule has 2 aromatic rings. The number of carbonyl (C=O) groups excluding carboxylic acids is 1. The van der Waals surface area contributed by atoms with E-state index in [0.717, 1.165) is 42.9 Å². The van der Waals surface area contributed by atoms with Crippen molar-refractivity contribution in [2.24, 2.45) is 0 Å². The maximum absolute atomic E-state index is 12.5. The van der Waals surface area contributed by atoms with Gasteiger partial charge >= 0.3 is 0 Å². The molecule has 1 atom stereocenters. The average Bonchev–Trinajstić information content (AvgIpc) is 2.62. The number of nitrogens with one attached hydrogen (secondary N) is 1. The first kappa shape index (κ1) is 16.3. The number of hydrogen-bond acceptors (Lipinski definition) is 3. The minimum Gasteiger partial charge on any atom is -0.480 e. The van der Waals surface area contributed by atoms with Crippen LogP contribution in [0.1, 0.15) is 39.0 Å². The third kappa shape index (κ3) is 3.35. The zero-order chi connectivity index (χ0) is 17.0. The second kappa shape index (κ2) is 6.92. The molecule has 2 aromatic carbocycles. The van der Waals surface area contributed by atoms with Crippen molar-refractivity contribution >= 4 is 16.7 Å². The molecule has 0 spiro atoms. The summed E-state index contributed by atoms with van der Waals surface area (Å²) in [6.45, 7) is 1.73. The van der Waals surface area contributed by atoms with Crippen LogP contribution in [-0.4, -0.2) is 17.6 Å². The van der Waals surface area contributed by atoms with E-state index >= 15 is 0 Å². The number of benzene rings is 2. The van der Waals surface area contributed by atoms with E-state index in [1.54, 1.807) is 6.92 Å². The van der Waals surface area contributed by atoms with E-state index in [2.05, 4.69) is 11.4 Å². The molecule has 0 unspecified atom stereocenters. The summed E-state index contributed by atoms with van der Waals surface area (Å²) in [5.74, 6) is 0.455. The zero-order valence-electron chi connectivity index (χ0n) is 13.9. The summed E-state index contributed by atoms with van der Waals surface area (Å²) in [6, 6.07) is 16.0. The summed E-state index contributed by atoms with van der Waals surface area (Å²) in [4.78, 5) is 12.5. The first-order chi connectivity index (χ1) is 11.6. The summed E-state index contributed by atoms with van der Waals surface area (Å²) in [6.07, 6.45) is 3.87. The summed E-state index contributed by atoms with van der Waals surface area (Å²) in [5, 5.41) is 14.5. The number of rotatable bonds is 4. The third-order valence-corrected chi connectivity index (χ3v) is 4.71. The van der Waals surface area contributed by atoms with Crippen LogP contribution in [0, 0.1) is 11.3 Å². The molecule has 0 saturated heterocycles. The highest BCUT2D eigenvalue weighted by Crippen LogP contribution is 2.29. The lowest BCUT2D eigenvalue weighted by Gasteiger charge is -2.32. The second-order valence-electron chi connectivity index (χ2n) is 6.48. The molecule has 0 radical (unpaired) electrons. The van der Waals surface area contributed by atoms with E-state index in [-0.39, 0.29) is 5.91 Å². The van der Waals surface area contributed by atoms with Crippen LogP contribution in [0.15, 0.2) is 42.5 Å². The summed E-state index contributed by atoms with van der Waals surface area (Å²) in [7, 11) is 0. The van der Waals surface area contributed by atoms with Gasteiger partial charge in [-0.2, -0.15) is 5.26 Å². The van der Waals surface area contributed by atoms with Gasteiger partial charge in [-0.15, -0.1) is 0 Å². The quantitative estimate of drug-likeness (QED) is 0.927. The number of ether oxygens (including phenoxy) is 1. The van der Waals surface area contributed by atoms with Gasteiger partial charge in [0.15, 0.2) is 6.10 Å². The van der Waals surface area contributed by atoms with Gasteiger partial charge in [0.05, 0.1) is 6.07 Å². The van der Waals surface area contributed by atoms with Gasteiger partial charge in [-0.3, -0.25) is 4.79 Å². The number of nitriles is 1. The fraction of sp³-hybridized carbons (Fsp3) is 0.400. The van der Waals surface area contributed by atoms with Gasteiger partial charge in [0.2, 0.25) is 0 Å². The van der Waals surface area contributed by atoms with Crippen molar-refractivity contribution in [3.63, 3.8) is 0 Å². The Balaban J connectivity index is 1.73. The van der Waals surface area contributed by atoms with Crippen LogP contribution in [0.3, 0.4) is 0 Å². The highest BCUT2D eigenvalue weighted by atomic mass is 16.5. The lowest BCUT2D eigenvalue weighted by atomic mass is 9.83. The van der Waals surface area contributed by atoms with E-state index in [1.165, 1.54) is 0 Å². The topological polar surface area (TPSA) is 62.1 Å². The Hall–Kier alpha value is -2.54. The molecule has 1 fully saturated rings. The number of carbonyl (C=O) groups is 1. The standard InChI is InChI=1S/C20H22N2O2/c1-15(19(23)22-20(14-21)12-5-2-6-13-20)24-18-11-7-9-16-8-3-4-10-17(16)18/h3-4,7-11,15H,2,5-6,12-13H2,1H3,(H,22,23)/t15-/m1/s1. The van der Waals surface area contributed by atoms with Gasteiger partial charge in [0.1, 0.15) is 11.3 Å². The molecule has 1 aliphatic rings. The largest absolute Gasteiger partial charge is 0.480 e. The van der Waals surface area contributed by atoms with Crippen molar-refractivity contribution in [3.8, 4) is 11.8 Å². The number of nitrogens with zero attached hydrogens (tertiary/aromatic N) is 1. The molecule has 0 aromatic heterocycles. The van der Waals surface area contributed by atoms with Crippen LogP contribution in [0.2, 0.25) is 0 Å².